The number of nitrogens with zero attached hydrogens (tertiary/aromatic N) is 1. The van der Waals surface area contributed by atoms with Gasteiger partial charge in [0.05, 0.1) is 13.1 Å². The van der Waals surface area contributed by atoms with E-state index in [0.29, 0.717) is 0 Å². The molecule has 2 nitrogen and oxygen atoms in total. The molecule has 0 aromatic carbocycles. The minimum Gasteiger partial charge on any atom is -0.281 e. The average molecular weight is 147 g/mol. The molecule has 0 fully saturated rings. The molecule has 0 bridgehead atoms. The van der Waals surface area contributed by atoms with E-state index in [1.807, 2.05) is 6.26 Å². The lowest BCUT2D eigenvalue weighted by Crippen LogP contribution is -2.25. The number of nitrogens with two attached hydrogens (primary N) is 1. The molecule has 3 heteroatoms. The van der Waals surface area contributed by atoms with Gasteiger partial charge in [-0.05, 0) is 31.9 Å². The van der Waals surface area contributed by atoms with E-state index in [4.69, 9.17) is 5.73 Å². The van der Waals surface area contributed by atoms with Crippen LogP contribution in [0.3, 0.4) is 0 Å². The van der Waals surface area contributed by atoms with E-state index in [9.17, 15) is 0 Å². The number of amidine groups is 1. The Morgan fingerprint density at radius 2 is 1.89 bits per heavy atom. The lowest BCUT2D eigenvalue weighted by atomic mass is 10.6. The highest BCUT2D eigenvalue weighted by Gasteiger charge is 2.00. The Labute approximate surface area is 61.1 Å². The summed E-state index contributed by atoms with van der Waals surface area (Å²) in [6, 6.07) is 0. The van der Waals surface area contributed by atoms with Gasteiger partial charge in [0.1, 0.15) is 0 Å². The number of hydrogen-bond donors (Lipinski definition) is 1. The van der Waals surface area contributed by atoms with Gasteiger partial charge in [-0.25, -0.2) is 0 Å². The predicted molar refractivity (Wildman–Crippen MR) is 44.1 cm³/mol. The molecule has 0 saturated heterocycles. The minimum absolute atomic E-state index is 0.917. The molecule has 0 radical (unpaired) electrons. The van der Waals surface area contributed by atoms with Crippen molar-refractivity contribution in [3.63, 3.8) is 0 Å². The lowest BCUT2D eigenvalue weighted by molar-refractivity contribution is -0.518. The van der Waals surface area contributed by atoms with E-state index in [-0.39, 0.29) is 0 Å². The SMILES string of the molecule is CC[N+](CC)=C(N)SC. The second kappa shape index (κ2) is 4.68. The van der Waals surface area contributed by atoms with E-state index in [2.05, 4.69) is 18.4 Å². The van der Waals surface area contributed by atoms with Gasteiger partial charge < -0.3 is 0 Å². The van der Waals surface area contributed by atoms with Gasteiger partial charge >= 0.3 is 5.17 Å². The van der Waals surface area contributed by atoms with E-state index < -0.39 is 0 Å². The molecular formula is C6H15N2S+. The molecule has 0 aliphatic carbocycles. The Kier molecular flexibility index (Phi) is 4.58. The monoisotopic (exact) mass is 147 g/mol. The van der Waals surface area contributed by atoms with E-state index in [0.717, 1.165) is 18.3 Å². The number of rotatable bonds is 2. The van der Waals surface area contributed by atoms with Crippen molar-refractivity contribution >= 4 is 16.9 Å². The average Bonchev–Trinajstić information content (AvgIpc) is 1.90. The molecule has 0 aromatic rings. The van der Waals surface area contributed by atoms with Crippen LogP contribution in [0.4, 0.5) is 0 Å². The van der Waals surface area contributed by atoms with Crippen molar-refractivity contribution in [1.82, 2.24) is 0 Å². The molecule has 0 atom stereocenters. The fourth-order valence-electron chi connectivity index (χ4n) is 0.664. The Bertz CT molecular complexity index is 104. The summed E-state index contributed by atoms with van der Waals surface area (Å²) in [6.07, 6.45) is 1.99. The van der Waals surface area contributed by atoms with Crippen LogP contribution in [0.15, 0.2) is 0 Å². The van der Waals surface area contributed by atoms with Gasteiger partial charge in [-0.1, -0.05) is 0 Å². The summed E-state index contributed by atoms with van der Waals surface area (Å²) in [5.41, 5.74) is 5.64. The first-order valence-electron chi connectivity index (χ1n) is 3.17. The zero-order chi connectivity index (χ0) is 7.28. The summed E-state index contributed by atoms with van der Waals surface area (Å²) < 4.78 is 2.13. The standard InChI is InChI=1S/C6H14N2S/c1-4-8(5-2)6(7)9-3/h7H,4-5H2,1-3H3/p+1. The zero-order valence-electron chi connectivity index (χ0n) is 6.35. The summed E-state index contributed by atoms with van der Waals surface area (Å²) in [5.74, 6) is 0. The normalized spacial score (nSPS) is 9.22. The van der Waals surface area contributed by atoms with E-state index in [1.165, 1.54) is 0 Å². The Morgan fingerprint density at radius 3 is 2.00 bits per heavy atom. The summed E-state index contributed by atoms with van der Waals surface area (Å²) in [6.45, 7) is 6.21. The van der Waals surface area contributed by atoms with Crippen molar-refractivity contribution in [2.24, 2.45) is 5.73 Å². The van der Waals surface area contributed by atoms with Crippen LogP contribution in [-0.4, -0.2) is 29.1 Å². The lowest BCUT2D eigenvalue weighted by Gasteiger charge is -2.00. The van der Waals surface area contributed by atoms with Crippen molar-refractivity contribution in [2.75, 3.05) is 19.3 Å². The molecule has 0 rings (SSSR count). The molecule has 2 N–H and O–H groups in total. The molecule has 0 spiro atoms. The molecule has 0 amide bonds. The number of thioether (sulfide) groups is 1. The van der Waals surface area contributed by atoms with Gasteiger partial charge in [0.15, 0.2) is 0 Å². The maximum Gasteiger partial charge on any atom is 0.303 e. The van der Waals surface area contributed by atoms with Gasteiger partial charge in [0.2, 0.25) is 0 Å². The topological polar surface area (TPSA) is 29.0 Å². The first-order chi connectivity index (χ1) is 4.26. The van der Waals surface area contributed by atoms with Crippen LogP contribution < -0.4 is 5.73 Å². The van der Waals surface area contributed by atoms with Crippen LogP contribution in [0.5, 0.6) is 0 Å². The van der Waals surface area contributed by atoms with Gasteiger partial charge in [0, 0.05) is 0 Å². The van der Waals surface area contributed by atoms with Gasteiger partial charge in [-0.2, -0.15) is 0 Å². The number of hydrogen-bond acceptors (Lipinski definition) is 1. The van der Waals surface area contributed by atoms with Crippen molar-refractivity contribution in [3.8, 4) is 0 Å². The first kappa shape index (κ1) is 8.82. The molecule has 0 saturated carbocycles. The van der Waals surface area contributed by atoms with E-state index >= 15 is 0 Å². The summed E-state index contributed by atoms with van der Waals surface area (Å²) in [7, 11) is 0. The van der Waals surface area contributed by atoms with Crippen LogP contribution in [0.2, 0.25) is 0 Å². The van der Waals surface area contributed by atoms with Crippen molar-refractivity contribution in [1.29, 1.82) is 0 Å². The molecule has 0 aliphatic rings. The molecule has 0 aromatic heterocycles. The van der Waals surface area contributed by atoms with E-state index in [1.54, 1.807) is 11.8 Å². The summed E-state index contributed by atoms with van der Waals surface area (Å²) >= 11 is 1.60. The van der Waals surface area contributed by atoms with Crippen LogP contribution in [-0.2, 0) is 0 Å². The van der Waals surface area contributed by atoms with Crippen LogP contribution in [0.25, 0.3) is 0 Å². The van der Waals surface area contributed by atoms with Gasteiger partial charge in [0.25, 0.3) is 0 Å². The predicted octanol–water partition coefficient (Wildman–Crippen LogP) is 0.716. The molecule has 54 valence electrons. The maximum absolute atomic E-state index is 5.64. The smallest absolute Gasteiger partial charge is 0.281 e. The minimum atomic E-state index is 0.917. The summed E-state index contributed by atoms with van der Waals surface area (Å²) in [4.78, 5) is 0. The van der Waals surface area contributed by atoms with Crippen molar-refractivity contribution in [3.05, 3.63) is 0 Å². The highest BCUT2D eigenvalue weighted by atomic mass is 32.2. The Hall–Kier alpha value is -0.180. The summed E-state index contributed by atoms with van der Waals surface area (Å²) in [5, 5.41) is 0.917. The second-order valence-electron chi connectivity index (χ2n) is 1.71. The fraction of sp³-hybridized carbons (Fsp3) is 0.833. The molecule has 0 aliphatic heterocycles. The van der Waals surface area contributed by atoms with Crippen LogP contribution in [0.1, 0.15) is 13.8 Å². The van der Waals surface area contributed by atoms with Gasteiger partial charge in [-0.15, -0.1) is 0 Å². The van der Waals surface area contributed by atoms with Crippen molar-refractivity contribution < 1.29 is 4.58 Å². The molecule has 0 heterocycles. The quantitative estimate of drug-likeness (QED) is 0.354. The zero-order valence-corrected chi connectivity index (χ0v) is 7.16. The second-order valence-corrected chi connectivity index (χ2v) is 2.54. The molecule has 0 unspecified atom stereocenters. The third-order valence-electron chi connectivity index (χ3n) is 1.28. The Morgan fingerprint density at radius 1 is 1.44 bits per heavy atom. The third kappa shape index (κ3) is 2.75. The van der Waals surface area contributed by atoms with Crippen molar-refractivity contribution in [2.45, 2.75) is 13.8 Å². The third-order valence-corrected chi connectivity index (χ3v) is 1.96. The van der Waals surface area contributed by atoms with Crippen LogP contribution in [0, 0.1) is 0 Å². The molecule has 9 heavy (non-hydrogen) atoms. The first-order valence-corrected chi connectivity index (χ1v) is 4.40. The Balaban J connectivity index is 4.01. The highest BCUT2D eigenvalue weighted by Crippen LogP contribution is 1.90. The fourth-order valence-corrected chi connectivity index (χ4v) is 1.18. The maximum atomic E-state index is 5.64. The molecular weight excluding hydrogens is 132 g/mol. The highest BCUT2D eigenvalue weighted by molar-refractivity contribution is 8.12. The van der Waals surface area contributed by atoms with Crippen LogP contribution >= 0.6 is 11.8 Å². The van der Waals surface area contributed by atoms with Gasteiger partial charge in [-0.3, -0.25) is 10.3 Å². The largest absolute Gasteiger partial charge is 0.303 e.